The highest BCUT2D eigenvalue weighted by molar-refractivity contribution is 5.81. The molecule has 0 saturated carbocycles. The van der Waals surface area contributed by atoms with Gasteiger partial charge in [0, 0.05) is 25.7 Å². The van der Waals surface area contributed by atoms with E-state index in [4.69, 9.17) is 0 Å². The number of urea groups is 1. The van der Waals surface area contributed by atoms with Gasteiger partial charge < -0.3 is 20.9 Å². The molecule has 2 saturated heterocycles. The van der Waals surface area contributed by atoms with Gasteiger partial charge in [0.1, 0.15) is 0 Å². The lowest BCUT2D eigenvalue weighted by atomic mass is 9.92. The minimum absolute atomic E-state index is 0.0357. The first kappa shape index (κ1) is 18.0. The molecule has 2 rings (SSSR count). The van der Waals surface area contributed by atoms with Gasteiger partial charge in [-0.2, -0.15) is 0 Å². The third-order valence-corrected chi connectivity index (χ3v) is 4.85. The van der Waals surface area contributed by atoms with Gasteiger partial charge in [-0.05, 0) is 44.2 Å². The summed E-state index contributed by atoms with van der Waals surface area (Å²) < 4.78 is 0. The molecule has 23 heavy (non-hydrogen) atoms. The van der Waals surface area contributed by atoms with Crippen LogP contribution in [0.4, 0.5) is 4.79 Å². The minimum atomic E-state index is -0.0735. The number of nitrogens with zero attached hydrogens (tertiary/aromatic N) is 1. The van der Waals surface area contributed by atoms with Gasteiger partial charge in [0.25, 0.3) is 0 Å². The van der Waals surface area contributed by atoms with E-state index in [-0.39, 0.29) is 23.9 Å². The van der Waals surface area contributed by atoms with Crippen LogP contribution in [-0.4, -0.2) is 55.6 Å². The Balaban J connectivity index is 1.82. The summed E-state index contributed by atoms with van der Waals surface area (Å²) in [4.78, 5) is 26.5. The zero-order chi connectivity index (χ0) is 16.8. The SMILES string of the molecule is CC(C)CNC(=O)N1CCCC(C(=O)NC2CCNCC2C)C1. The Hall–Kier alpha value is -1.30. The number of carbonyl (C=O) groups is 2. The summed E-state index contributed by atoms with van der Waals surface area (Å²) >= 11 is 0. The number of likely N-dealkylation sites (tertiary alicyclic amines) is 1. The maximum absolute atomic E-state index is 12.6. The van der Waals surface area contributed by atoms with E-state index in [0.717, 1.165) is 38.9 Å². The predicted octanol–water partition coefficient (Wildman–Crippen LogP) is 1.18. The van der Waals surface area contributed by atoms with Crippen LogP contribution in [0.5, 0.6) is 0 Å². The monoisotopic (exact) mass is 324 g/mol. The molecule has 0 aromatic rings. The zero-order valence-electron chi connectivity index (χ0n) is 14.7. The minimum Gasteiger partial charge on any atom is -0.353 e. The topological polar surface area (TPSA) is 73.5 Å². The van der Waals surface area contributed by atoms with Gasteiger partial charge in [-0.25, -0.2) is 4.79 Å². The largest absolute Gasteiger partial charge is 0.353 e. The molecule has 0 aliphatic carbocycles. The van der Waals surface area contributed by atoms with Crippen LogP contribution in [-0.2, 0) is 4.79 Å². The summed E-state index contributed by atoms with van der Waals surface area (Å²) in [7, 11) is 0. The van der Waals surface area contributed by atoms with E-state index in [1.165, 1.54) is 0 Å². The third kappa shape index (κ3) is 5.37. The van der Waals surface area contributed by atoms with E-state index < -0.39 is 0 Å². The molecule has 3 unspecified atom stereocenters. The van der Waals surface area contributed by atoms with E-state index in [0.29, 0.717) is 24.9 Å². The number of piperidine rings is 2. The Labute approximate surface area is 139 Å². The summed E-state index contributed by atoms with van der Waals surface area (Å²) in [5, 5.41) is 9.51. The average Bonchev–Trinajstić information content (AvgIpc) is 2.54. The average molecular weight is 324 g/mol. The van der Waals surface area contributed by atoms with Crippen molar-refractivity contribution in [2.75, 3.05) is 32.7 Å². The third-order valence-electron chi connectivity index (χ3n) is 4.85. The van der Waals surface area contributed by atoms with Crippen LogP contribution in [0.25, 0.3) is 0 Å². The lowest BCUT2D eigenvalue weighted by molar-refractivity contribution is -0.127. The fourth-order valence-corrected chi connectivity index (χ4v) is 3.31. The summed E-state index contributed by atoms with van der Waals surface area (Å²) in [5.41, 5.74) is 0. The van der Waals surface area contributed by atoms with E-state index in [1.54, 1.807) is 4.90 Å². The van der Waals surface area contributed by atoms with Gasteiger partial charge in [0.15, 0.2) is 0 Å². The van der Waals surface area contributed by atoms with Crippen molar-refractivity contribution in [3.8, 4) is 0 Å². The highest BCUT2D eigenvalue weighted by atomic mass is 16.2. The van der Waals surface area contributed by atoms with Crippen LogP contribution in [0, 0.1) is 17.8 Å². The molecule has 2 aliphatic rings. The molecule has 3 amide bonds. The van der Waals surface area contributed by atoms with Crippen LogP contribution < -0.4 is 16.0 Å². The highest BCUT2D eigenvalue weighted by Gasteiger charge is 2.31. The Morgan fingerprint density at radius 3 is 2.78 bits per heavy atom. The van der Waals surface area contributed by atoms with Crippen molar-refractivity contribution in [3.63, 3.8) is 0 Å². The van der Waals surface area contributed by atoms with Gasteiger partial charge >= 0.3 is 6.03 Å². The smallest absolute Gasteiger partial charge is 0.317 e. The lowest BCUT2D eigenvalue weighted by Gasteiger charge is -2.35. The Bertz CT molecular complexity index is 413. The molecule has 2 fully saturated rings. The van der Waals surface area contributed by atoms with E-state index in [9.17, 15) is 9.59 Å². The number of hydrogen-bond acceptors (Lipinski definition) is 3. The molecule has 3 atom stereocenters. The number of hydrogen-bond donors (Lipinski definition) is 3. The zero-order valence-corrected chi connectivity index (χ0v) is 14.7. The highest BCUT2D eigenvalue weighted by Crippen LogP contribution is 2.18. The second kappa shape index (κ2) is 8.52. The normalized spacial score (nSPS) is 28.5. The molecule has 0 aromatic carbocycles. The Morgan fingerprint density at radius 2 is 2.09 bits per heavy atom. The first-order valence-corrected chi connectivity index (χ1v) is 9.01. The Morgan fingerprint density at radius 1 is 1.30 bits per heavy atom. The molecular formula is C17H32N4O2. The molecule has 0 aromatic heterocycles. The second-order valence-corrected chi connectivity index (χ2v) is 7.45. The van der Waals surface area contributed by atoms with Gasteiger partial charge in [-0.15, -0.1) is 0 Å². The molecule has 3 N–H and O–H groups in total. The summed E-state index contributed by atoms with van der Waals surface area (Å²) in [6, 6.07) is 0.223. The van der Waals surface area contributed by atoms with Crippen molar-refractivity contribution < 1.29 is 9.59 Å². The molecule has 0 spiro atoms. The van der Waals surface area contributed by atoms with Crippen LogP contribution >= 0.6 is 0 Å². The fraction of sp³-hybridized carbons (Fsp3) is 0.882. The van der Waals surface area contributed by atoms with Gasteiger partial charge in [0.05, 0.1) is 5.92 Å². The van der Waals surface area contributed by atoms with E-state index in [1.807, 2.05) is 0 Å². The molecule has 0 radical (unpaired) electrons. The van der Waals surface area contributed by atoms with Crippen molar-refractivity contribution in [2.24, 2.45) is 17.8 Å². The molecule has 0 bridgehead atoms. The number of carbonyl (C=O) groups excluding carboxylic acids is 2. The molecular weight excluding hydrogens is 292 g/mol. The standard InChI is InChI=1S/C17H32N4O2/c1-12(2)9-19-17(23)21-8-4-5-14(11-21)16(22)20-15-6-7-18-10-13(15)3/h12-15,18H,4-11H2,1-3H3,(H,19,23)(H,20,22). The van der Waals surface area contributed by atoms with Crippen LogP contribution in [0.1, 0.15) is 40.0 Å². The lowest BCUT2D eigenvalue weighted by Crippen LogP contribution is -2.53. The number of amides is 3. The van der Waals surface area contributed by atoms with E-state index in [2.05, 4.69) is 36.7 Å². The second-order valence-electron chi connectivity index (χ2n) is 7.45. The summed E-state index contributed by atoms with van der Waals surface area (Å²) in [5.74, 6) is 0.937. The van der Waals surface area contributed by atoms with Crippen molar-refractivity contribution in [1.29, 1.82) is 0 Å². The van der Waals surface area contributed by atoms with Crippen molar-refractivity contribution in [2.45, 2.75) is 46.1 Å². The van der Waals surface area contributed by atoms with Crippen molar-refractivity contribution >= 4 is 11.9 Å². The molecule has 132 valence electrons. The summed E-state index contributed by atoms with van der Waals surface area (Å²) in [6.07, 6.45) is 2.76. The fourth-order valence-electron chi connectivity index (χ4n) is 3.31. The number of rotatable bonds is 4. The maximum atomic E-state index is 12.6. The Kier molecular flexibility index (Phi) is 6.69. The maximum Gasteiger partial charge on any atom is 0.317 e. The molecule has 2 heterocycles. The van der Waals surface area contributed by atoms with Crippen LogP contribution in [0.15, 0.2) is 0 Å². The van der Waals surface area contributed by atoms with Crippen molar-refractivity contribution in [3.05, 3.63) is 0 Å². The van der Waals surface area contributed by atoms with Gasteiger partial charge in [0.2, 0.25) is 5.91 Å². The first-order chi connectivity index (χ1) is 11.0. The number of nitrogens with one attached hydrogen (secondary N) is 3. The van der Waals surface area contributed by atoms with Crippen LogP contribution in [0.3, 0.4) is 0 Å². The summed E-state index contributed by atoms with van der Waals surface area (Å²) in [6.45, 7) is 10.2. The predicted molar refractivity (Wildman–Crippen MR) is 91.1 cm³/mol. The van der Waals surface area contributed by atoms with E-state index >= 15 is 0 Å². The molecule has 2 aliphatic heterocycles. The van der Waals surface area contributed by atoms with Crippen molar-refractivity contribution in [1.82, 2.24) is 20.9 Å². The first-order valence-electron chi connectivity index (χ1n) is 9.01. The van der Waals surface area contributed by atoms with Gasteiger partial charge in [-0.1, -0.05) is 20.8 Å². The quantitative estimate of drug-likeness (QED) is 0.727. The molecule has 6 nitrogen and oxygen atoms in total. The van der Waals surface area contributed by atoms with Crippen LogP contribution in [0.2, 0.25) is 0 Å². The van der Waals surface area contributed by atoms with Gasteiger partial charge in [-0.3, -0.25) is 4.79 Å². The molecule has 6 heteroatoms.